The molecule has 3 aliphatic carbocycles. The molecule has 4 heteroatoms. The van der Waals surface area contributed by atoms with Crippen LogP contribution in [0.1, 0.15) is 59.3 Å². The summed E-state index contributed by atoms with van der Waals surface area (Å²) in [6.45, 7) is 6.56. The topological polar surface area (TPSA) is 66.8 Å². The third-order valence-electron chi connectivity index (χ3n) is 7.25. The van der Waals surface area contributed by atoms with E-state index in [-0.39, 0.29) is 23.9 Å². The predicted octanol–water partition coefficient (Wildman–Crippen LogP) is 3.38. The van der Waals surface area contributed by atoms with Gasteiger partial charge in [-0.25, -0.2) is 0 Å². The third-order valence-corrected chi connectivity index (χ3v) is 7.25. The molecule has 0 aromatic carbocycles. The molecule has 4 nitrogen and oxygen atoms in total. The summed E-state index contributed by atoms with van der Waals surface area (Å²) < 4.78 is 5.24. The minimum absolute atomic E-state index is 0.00189. The van der Waals surface area contributed by atoms with Crippen LogP contribution in [0.2, 0.25) is 0 Å². The summed E-state index contributed by atoms with van der Waals surface area (Å²) in [5.74, 6) is 0.426. The van der Waals surface area contributed by atoms with E-state index in [2.05, 4.69) is 26.8 Å². The number of aliphatic hydroxyl groups is 2. The highest BCUT2D eigenvalue weighted by Crippen LogP contribution is 2.63. The summed E-state index contributed by atoms with van der Waals surface area (Å²) in [5, 5.41) is 20.6. The van der Waals surface area contributed by atoms with E-state index in [1.807, 2.05) is 0 Å². The molecule has 0 unspecified atom stereocenters. The number of carbonyl (C=O) groups is 1. The molecule has 3 aliphatic rings. The molecule has 0 radical (unpaired) electrons. The van der Waals surface area contributed by atoms with Gasteiger partial charge >= 0.3 is 5.97 Å². The van der Waals surface area contributed by atoms with E-state index in [1.54, 1.807) is 0 Å². The highest BCUT2D eigenvalue weighted by atomic mass is 16.5. The van der Waals surface area contributed by atoms with E-state index in [0.717, 1.165) is 37.7 Å². The van der Waals surface area contributed by atoms with Crippen LogP contribution in [0.5, 0.6) is 0 Å². The largest absolute Gasteiger partial charge is 0.468 e. The Hall–Kier alpha value is -1.13. The first-order valence-electron chi connectivity index (χ1n) is 9.59. The standard InChI is InChI=1S/C21H32O4/c1-13(2)15-7-8-21(19(24)25-4)10-9-20(3)16(18(15)21)6-5-14(12-22)11-17(20)23/h5,13,16-17,22-23H,6-12H2,1-4H3/t16-,17+,20-,21+/m0/s1. The maximum atomic E-state index is 12.8. The van der Waals surface area contributed by atoms with Gasteiger partial charge in [-0.15, -0.1) is 0 Å². The molecule has 25 heavy (non-hydrogen) atoms. The quantitative estimate of drug-likeness (QED) is 0.606. The van der Waals surface area contributed by atoms with Crippen LogP contribution in [0.4, 0.5) is 0 Å². The first-order valence-corrected chi connectivity index (χ1v) is 9.59. The van der Waals surface area contributed by atoms with E-state index in [1.165, 1.54) is 18.3 Å². The van der Waals surface area contributed by atoms with Gasteiger partial charge in [0.25, 0.3) is 0 Å². The number of carbonyl (C=O) groups excluding carboxylic acids is 1. The van der Waals surface area contributed by atoms with Gasteiger partial charge in [-0.05, 0) is 61.5 Å². The van der Waals surface area contributed by atoms with Crippen molar-refractivity contribution >= 4 is 5.97 Å². The number of esters is 1. The number of methoxy groups -OCH3 is 1. The molecule has 1 fully saturated rings. The summed E-state index contributed by atoms with van der Waals surface area (Å²) in [5.41, 5.74) is 2.78. The minimum atomic E-state index is -0.504. The summed E-state index contributed by atoms with van der Waals surface area (Å²) in [6, 6.07) is 0. The molecule has 140 valence electrons. The Kier molecular flexibility index (Phi) is 4.89. The average molecular weight is 348 g/mol. The van der Waals surface area contributed by atoms with Crippen molar-refractivity contribution < 1.29 is 19.7 Å². The second-order valence-electron chi connectivity index (χ2n) is 8.70. The van der Waals surface area contributed by atoms with Crippen molar-refractivity contribution in [2.75, 3.05) is 13.7 Å². The summed E-state index contributed by atoms with van der Waals surface area (Å²) in [4.78, 5) is 12.8. The highest BCUT2D eigenvalue weighted by molar-refractivity contribution is 5.82. The van der Waals surface area contributed by atoms with Gasteiger partial charge in [0.05, 0.1) is 25.2 Å². The Morgan fingerprint density at radius 2 is 2.08 bits per heavy atom. The van der Waals surface area contributed by atoms with Crippen LogP contribution in [0.15, 0.2) is 22.8 Å². The fourth-order valence-electron chi connectivity index (χ4n) is 5.60. The zero-order valence-electron chi connectivity index (χ0n) is 16.0. The van der Waals surface area contributed by atoms with Crippen LogP contribution in [0.3, 0.4) is 0 Å². The fourth-order valence-corrected chi connectivity index (χ4v) is 5.60. The molecule has 3 rings (SSSR count). The molecule has 0 aliphatic heterocycles. The summed E-state index contributed by atoms with van der Waals surface area (Å²) in [7, 11) is 1.49. The molecule has 0 amide bonds. The normalized spacial score (nSPS) is 38.1. The maximum Gasteiger partial charge on any atom is 0.315 e. The van der Waals surface area contributed by atoms with Gasteiger partial charge in [0, 0.05) is 5.41 Å². The number of fused-ring (bicyclic) bond motifs is 3. The van der Waals surface area contributed by atoms with Crippen LogP contribution in [-0.4, -0.2) is 36.0 Å². The van der Waals surface area contributed by atoms with Crippen LogP contribution < -0.4 is 0 Å². The average Bonchev–Trinajstić information content (AvgIpc) is 2.94. The Morgan fingerprint density at radius 1 is 1.36 bits per heavy atom. The number of hydrogen-bond acceptors (Lipinski definition) is 4. The molecule has 0 spiro atoms. The Morgan fingerprint density at radius 3 is 2.68 bits per heavy atom. The fraction of sp³-hybridized carbons (Fsp3) is 0.762. The molecule has 0 bridgehead atoms. The van der Waals surface area contributed by atoms with E-state index < -0.39 is 11.5 Å². The zero-order valence-corrected chi connectivity index (χ0v) is 16.0. The van der Waals surface area contributed by atoms with Crippen molar-refractivity contribution in [3.8, 4) is 0 Å². The third kappa shape index (κ3) is 2.69. The zero-order chi connectivity index (χ0) is 18.4. The molecule has 4 atom stereocenters. The van der Waals surface area contributed by atoms with Crippen LogP contribution in [0, 0.1) is 22.7 Å². The van der Waals surface area contributed by atoms with Crippen molar-refractivity contribution in [2.24, 2.45) is 22.7 Å². The number of hydrogen-bond donors (Lipinski definition) is 2. The summed E-state index contributed by atoms with van der Waals surface area (Å²) >= 11 is 0. The van der Waals surface area contributed by atoms with Crippen LogP contribution >= 0.6 is 0 Å². The van der Waals surface area contributed by atoms with Gasteiger partial charge in [0.15, 0.2) is 0 Å². The van der Waals surface area contributed by atoms with Crippen molar-refractivity contribution in [1.82, 2.24) is 0 Å². The molecular weight excluding hydrogens is 316 g/mol. The molecule has 0 aromatic rings. The van der Waals surface area contributed by atoms with Gasteiger partial charge in [-0.1, -0.05) is 32.4 Å². The van der Waals surface area contributed by atoms with Gasteiger partial charge < -0.3 is 14.9 Å². The molecule has 2 N–H and O–H groups in total. The Labute approximate surface area is 151 Å². The van der Waals surface area contributed by atoms with Crippen molar-refractivity contribution in [3.63, 3.8) is 0 Å². The smallest absolute Gasteiger partial charge is 0.315 e. The van der Waals surface area contributed by atoms with Crippen LogP contribution in [-0.2, 0) is 9.53 Å². The molecular formula is C21H32O4. The molecule has 0 heterocycles. The second-order valence-corrected chi connectivity index (χ2v) is 8.70. The molecule has 0 saturated heterocycles. The van der Waals surface area contributed by atoms with E-state index in [4.69, 9.17) is 4.74 Å². The first kappa shape index (κ1) is 18.7. The Bertz CT molecular complexity index is 617. The number of aliphatic hydroxyl groups excluding tert-OH is 2. The van der Waals surface area contributed by atoms with Gasteiger partial charge in [-0.3, -0.25) is 4.79 Å². The minimum Gasteiger partial charge on any atom is -0.468 e. The second kappa shape index (κ2) is 6.55. The molecule has 0 aromatic heterocycles. The monoisotopic (exact) mass is 348 g/mol. The lowest BCUT2D eigenvalue weighted by molar-refractivity contribution is -0.154. The summed E-state index contributed by atoms with van der Waals surface area (Å²) in [6.07, 6.45) is 6.26. The van der Waals surface area contributed by atoms with E-state index >= 15 is 0 Å². The Balaban J connectivity index is 2.15. The SMILES string of the molecule is COC(=O)[C@@]12CCC(C(C)C)=C1[C@@H]1CC=C(CO)C[C@@H](O)[C@@]1(C)CC2. The maximum absolute atomic E-state index is 12.8. The first-order chi connectivity index (χ1) is 11.8. The predicted molar refractivity (Wildman–Crippen MR) is 96.8 cm³/mol. The molecule has 1 saturated carbocycles. The van der Waals surface area contributed by atoms with Gasteiger partial charge in [0.2, 0.25) is 0 Å². The number of ether oxygens (including phenoxy) is 1. The lowest BCUT2D eigenvalue weighted by Crippen LogP contribution is -2.50. The van der Waals surface area contributed by atoms with E-state index in [0.29, 0.717) is 12.3 Å². The van der Waals surface area contributed by atoms with Crippen LogP contribution in [0.25, 0.3) is 0 Å². The lowest BCUT2D eigenvalue weighted by atomic mass is 9.53. The van der Waals surface area contributed by atoms with Crippen molar-refractivity contribution in [1.29, 1.82) is 0 Å². The van der Waals surface area contributed by atoms with Gasteiger partial charge in [-0.2, -0.15) is 0 Å². The number of rotatable bonds is 3. The van der Waals surface area contributed by atoms with Crippen molar-refractivity contribution in [2.45, 2.75) is 65.4 Å². The van der Waals surface area contributed by atoms with E-state index in [9.17, 15) is 15.0 Å². The van der Waals surface area contributed by atoms with Gasteiger partial charge in [0.1, 0.15) is 0 Å². The lowest BCUT2D eigenvalue weighted by Gasteiger charge is -2.51. The van der Waals surface area contributed by atoms with Crippen molar-refractivity contribution in [3.05, 3.63) is 22.8 Å². The number of allylic oxidation sites excluding steroid dienone is 2. The highest BCUT2D eigenvalue weighted by Gasteiger charge is 2.59.